The lowest BCUT2D eigenvalue weighted by Gasteiger charge is -2.28. The summed E-state index contributed by atoms with van der Waals surface area (Å²) in [5.74, 6) is 4.76. The molecule has 1 heteroatoms. The molecule has 0 spiro atoms. The summed E-state index contributed by atoms with van der Waals surface area (Å²) < 4.78 is 5.98. The summed E-state index contributed by atoms with van der Waals surface area (Å²) in [6, 6.07) is 8.90. The summed E-state index contributed by atoms with van der Waals surface area (Å²) >= 11 is 0. The van der Waals surface area contributed by atoms with Crippen LogP contribution in [-0.2, 0) is 6.42 Å². The normalized spacial score (nSPS) is 26.4. The van der Waals surface area contributed by atoms with Crippen LogP contribution < -0.4 is 4.74 Å². The largest absolute Gasteiger partial charge is 0.490 e. The van der Waals surface area contributed by atoms with Gasteiger partial charge in [-0.15, -0.1) is 0 Å². The van der Waals surface area contributed by atoms with Crippen LogP contribution in [0.25, 0.3) is 0 Å². The zero-order valence-electron chi connectivity index (χ0n) is 21.2. The van der Waals surface area contributed by atoms with Crippen LogP contribution >= 0.6 is 0 Å². The van der Waals surface area contributed by atoms with E-state index >= 15 is 0 Å². The first-order valence-corrected chi connectivity index (χ1v) is 14.1. The number of ether oxygens (including phenoxy) is 1. The lowest BCUT2D eigenvalue weighted by molar-refractivity contribution is 0.252. The number of hydrogen-bond donors (Lipinski definition) is 0. The van der Waals surface area contributed by atoms with Crippen LogP contribution in [0.2, 0.25) is 0 Å². The van der Waals surface area contributed by atoms with Crippen molar-refractivity contribution < 1.29 is 4.74 Å². The Morgan fingerprint density at radius 3 is 2.00 bits per heavy atom. The third-order valence-electron chi connectivity index (χ3n) is 8.29. The molecule has 2 fully saturated rings. The number of aryl methyl sites for hydroxylation is 1. The smallest absolute Gasteiger partial charge is 0.119 e. The predicted octanol–water partition coefficient (Wildman–Crippen LogP) is 9.55. The minimum Gasteiger partial charge on any atom is -0.490 e. The monoisotopic (exact) mass is 438 g/mol. The van der Waals surface area contributed by atoms with Gasteiger partial charge in [-0.05, 0) is 79.9 Å². The average Bonchev–Trinajstić information content (AvgIpc) is 2.83. The van der Waals surface area contributed by atoms with Crippen molar-refractivity contribution in [1.29, 1.82) is 0 Å². The van der Waals surface area contributed by atoms with E-state index in [-0.39, 0.29) is 0 Å². The van der Waals surface area contributed by atoms with Gasteiger partial charge in [0.05, 0.1) is 0 Å². The van der Waals surface area contributed by atoms with Crippen molar-refractivity contribution >= 4 is 0 Å². The maximum absolute atomic E-state index is 5.98. The highest BCUT2D eigenvalue weighted by molar-refractivity contribution is 5.27. The second-order valence-electron chi connectivity index (χ2n) is 10.9. The molecule has 1 nitrogen and oxygen atoms in total. The number of benzene rings is 1. The van der Waals surface area contributed by atoms with Crippen LogP contribution in [0.4, 0.5) is 0 Å². The average molecular weight is 439 g/mol. The molecule has 1 aromatic carbocycles. The molecule has 0 N–H and O–H groups in total. The van der Waals surface area contributed by atoms with E-state index in [1.165, 1.54) is 108 Å². The predicted molar refractivity (Wildman–Crippen MR) is 139 cm³/mol. The van der Waals surface area contributed by atoms with Crippen molar-refractivity contribution in [2.45, 2.75) is 117 Å². The Kier molecular flexibility index (Phi) is 11.8. The molecule has 32 heavy (non-hydrogen) atoms. The summed E-state index contributed by atoms with van der Waals surface area (Å²) in [6.07, 6.45) is 27.2. The zero-order chi connectivity index (χ0) is 22.4. The summed E-state index contributed by atoms with van der Waals surface area (Å²) in [5.41, 5.74) is 1.47. The summed E-state index contributed by atoms with van der Waals surface area (Å²) in [5, 5.41) is 0. The Bertz CT molecular complexity index is 614. The molecule has 0 bridgehead atoms. The molecule has 2 aliphatic carbocycles. The molecular weight excluding hydrogens is 388 g/mol. The van der Waals surface area contributed by atoms with Crippen LogP contribution in [0, 0.1) is 23.7 Å². The highest BCUT2D eigenvalue weighted by Crippen LogP contribution is 2.34. The van der Waals surface area contributed by atoms with Crippen LogP contribution in [0.5, 0.6) is 5.75 Å². The molecule has 0 heterocycles. The summed E-state index contributed by atoms with van der Waals surface area (Å²) in [6.45, 7) is 5.34. The molecular formula is C31H50O. The van der Waals surface area contributed by atoms with Crippen LogP contribution in [-0.4, -0.2) is 6.61 Å². The highest BCUT2D eigenvalue weighted by Gasteiger charge is 2.20. The van der Waals surface area contributed by atoms with Crippen LogP contribution in [0.1, 0.15) is 116 Å². The zero-order valence-corrected chi connectivity index (χ0v) is 21.2. The van der Waals surface area contributed by atoms with E-state index in [9.17, 15) is 0 Å². The van der Waals surface area contributed by atoms with Crippen molar-refractivity contribution in [3.05, 3.63) is 42.0 Å². The van der Waals surface area contributed by atoms with Crippen molar-refractivity contribution in [2.75, 3.05) is 6.61 Å². The van der Waals surface area contributed by atoms with E-state index < -0.39 is 0 Å². The Balaban J connectivity index is 1.27. The first kappa shape index (κ1) is 25.4. The first-order valence-electron chi connectivity index (χ1n) is 14.1. The molecule has 0 radical (unpaired) electrons. The highest BCUT2D eigenvalue weighted by atomic mass is 16.5. The first-order chi connectivity index (χ1) is 15.8. The van der Waals surface area contributed by atoms with Gasteiger partial charge in [0.25, 0.3) is 0 Å². The standard InChI is InChI=1S/C31H50O/c1-3-5-6-9-27-13-15-28(16-14-27)10-7-25-32-31-23-21-30(22-24-31)20-19-29-17-11-26(8-4-2)12-18-29/h7,10,21-24,26-29H,3-6,8-9,11-20,25H2,1-2H3/b10-7+. The molecule has 0 atom stereocenters. The fourth-order valence-corrected chi connectivity index (χ4v) is 6.08. The van der Waals surface area contributed by atoms with Gasteiger partial charge in [0.15, 0.2) is 0 Å². The quantitative estimate of drug-likeness (QED) is 0.220. The fraction of sp³-hybridized carbons (Fsp3) is 0.742. The second kappa shape index (κ2) is 14.8. The Hall–Kier alpha value is -1.24. The Morgan fingerprint density at radius 1 is 0.719 bits per heavy atom. The molecule has 2 aliphatic rings. The number of hydrogen-bond acceptors (Lipinski definition) is 1. The molecule has 0 amide bonds. The van der Waals surface area contributed by atoms with Crippen molar-refractivity contribution in [2.24, 2.45) is 23.7 Å². The molecule has 180 valence electrons. The van der Waals surface area contributed by atoms with Gasteiger partial charge in [-0.25, -0.2) is 0 Å². The molecule has 0 aliphatic heterocycles. The minimum absolute atomic E-state index is 0.705. The molecule has 0 aromatic heterocycles. The lowest BCUT2D eigenvalue weighted by Crippen LogP contribution is -2.15. The molecule has 1 aromatic rings. The number of rotatable bonds is 13. The molecule has 3 rings (SSSR count). The van der Waals surface area contributed by atoms with Gasteiger partial charge in [-0.2, -0.15) is 0 Å². The number of allylic oxidation sites excluding steroid dienone is 1. The maximum Gasteiger partial charge on any atom is 0.119 e. The SMILES string of the molecule is CCCCCC1CCC(/C=C/COc2ccc(CCC3CCC(CCC)CC3)cc2)CC1. The van der Waals surface area contributed by atoms with Gasteiger partial charge in [-0.3, -0.25) is 0 Å². The van der Waals surface area contributed by atoms with Gasteiger partial charge >= 0.3 is 0 Å². The third kappa shape index (κ3) is 9.32. The van der Waals surface area contributed by atoms with E-state index in [4.69, 9.17) is 4.74 Å². The van der Waals surface area contributed by atoms with Gasteiger partial charge in [-0.1, -0.05) is 102 Å². The van der Waals surface area contributed by atoms with E-state index in [1.54, 1.807) is 0 Å². The second-order valence-corrected chi connectivity index (χ2v) is 10.9. The van der Waals surface area contributed by atoms with E-state index in [1.807, 2.05) is 0 Å². The minimum atomic E-state index is 0.705. The third-order valence-corrected chi connectivity index (χ3v) is 8.29. The van der Waals surface area contributed by atoms with E-state index in [0.29, 0.717) is 6.61 Å². The molecule has 0 unspecified atom stereocenters. The maximum atomic E-state index is 5.98. The summed E-state index contributed by atoms with van der Waals surface area (Å²) in [4.78, 5) is 0. The summed E-state index contributed by atoms with van der Waals surface area (Å²) in [7, 11) is 0. The van der Waals surface area contributed by atoms with E-state index in [0.717, 1.165) is 29.4 Å². The van der Waals surface area contributed by atoms with Gasteiger partial charge in [0.2, 0.25) is 0 Å². The van der Waals surface area contributed by atoms with Gasteiger partial charge < -0.3 is 4.74 Å². The van der Waals surface area contributed by atoms with Crippen molar-refractivity contribution in [3.63, 3.8) is 0 Å². The van der Waals surface area contributed by atoms with Crippen LogP contribution in [0.15, 0.2) is 36.4 Å². The van der Waals surface area contributed by atoms with Crippen molar-refractivity contribution in [1.82, 2.24) is 0 Å². The fourth-order valence-electron chi connectivity index (χ4n) is 6.08. The van der Waals surface area contributed by atoms with Crippen LogP contribution in [0.3, 0.4) is 0 Å². The van der Waals surface area contributed by atoms with Crippen molar-refractivity contribution in [3.8, 4) is 5.75 Å². The Labute approximate surface area is 199 Å². The van der Waals surface area contributed by atoms with E-state index in [2.05, 4.69) is 50.3 Å². The van der Waals surface area contributed by atoms with Gasteiger partial charge in [0.1, 0.15) is 12.4 Å². The lowest BCUT2D eigenvalue weighted by atomic mass is 9.78. The Morgan fingerprint density at radius 2 is 1.34 bits per heavy atom. The molecule has 2 saturated carbocycles. The number of unbranched alkanes of at least 4 members (excludes halogenated alkanes) is 2. The van der Waals surface area contributed by atoms with Gasteiger partial charge in [0, 0.05) is 0 Å². The molecule has 0 saturated heterocycles. The topological polar surface area (TPSA) is 9.23 Å².